The highest BCUT2D eigenvalue weighted by atomic mass is 19.1. The molecule has 1 aromatic carbocycles. The number of hydrogen-bond donors (Lipinski definition) is 0. The number of aryl methyl sites for hydroxylation is 1. The molecular formula is C20H24FN3. The van der Waals surface area contributed by atoms with Gasteiger partial charge in [-0.05, 0) is 36.6 Å². The fourth-order valence-corrected chi connectivity index (χ4v) is 2.66. The van der Waals surface area contributed by atoms with E-state index >= 15 is 0 Å². The van der Waals surface area contributed by atoms with Gasteiger partial charge in [0.15, 0.2) is 5.82 Å². The molecule has 2 rings (SSSR count). The molecule has 2 aromatic rings. The molecule has 1 aromatic heterocycles. The van der Waals surface area contributed by atoms with E-state index in [-0.39, 0.29) is 5.56 Å². The van der Waals surface area contributed by atoms with Crippen molar-refractivity contribution in [3.05, 3.63) is 47.5 Å². The minimum Gasteiger partial charge on any atom is -0.236 e. The first kappa shape index (κ1) is 18.1. The number of rotatable bonds is 9. The van der Waals surface area contributed by atoms with Gasteiger partial charge < -0.3 is 0 Å². The van der Waals surface area contributed by atoms with Gasteiger partial charge in [0.25, 0.3) is 0 Å². The summed E-state index contributed by atoms with van der Waals surface area (Å²) in [6.07, 6.45) is 13.6. The van der Waals surface area contributed by atoms with Gasteiger partial charge in [-0.25, -0.2) is 14.4 Å². The average molecular weight is 325 g/mol. The van der Waals surface area contributed by atoms with E-state index in [0.717, 1.165) is 18.4 Å². The normalized spacial score (nSPS) is 10.5. The second-order valence-corrected chi connectivity index (χ2v) is 6.09. The third-order valence-corrected chi connectivity index (χ3v) is 4.12. The van der Waals surface area contributed by atoms with Crippen molar-refractivity contribution in [2.45, 2.75) is 58.3 Å². The molecule has 0 bridgehead atoms. The second kappa shape index (κ2) is 9.77. The summed E-state index contributed by atoms with van der Waals surface area (Å²) in [6.45, 7) is 2.23. The SMILES string of the molecule is CCCCCCCCCc1cnc(-c2ccc(C#N)c(F)c2)nc1. The van der Waals surface area contributed by atoms with Crippen molar-refractivity contribution < 1.29 is 4.39 Å². The topological polar surface area (TPSA) is 49.6 Å². The molecule has 0 amide bonds. The molecule has 1 heterocycles. The number of benzene rings is 1. The first-order valence-corrected chi connectivity index (χ1v) is 8.75. The number of aromatic nitrogens is 2. The lowest BCUT2D eigenvalue weighted by atomic mass is 10.1. The molecule has 0 unspecified atom stereocenters. The van der Waals surface area contributed by atoms with E-state index in [9.17, 15) is 4.39 Å². The van der Waals surface area contributed by atoms with E-state index in [0.29, 0.717) is 11.4 Å². The predicted octanol–water partition coefficient (Wildman–Crippen LogP) is 5.45. The van der Waals surface area contributed by atoms with E-state index in [1.807, 2.05) is 18.5 Å². The van der Waals surface area contributed by atoms with Gasteiger partial charge in [0.1, 0.15) is 11.9 Å². The second-order valence-electron chi connectivity index (χ2n) is 6.09. The van der Waals surface area contributed by atoms with Crippen molar-refractivity contribution in [2.75, 3.05) is 0 Å². The molecule has 0 fully saturated rings. The van der Waals surface area contributed by atoms with E-state index < -0.39 is 5.82 Å². The lowest BCUT2D eigenvalue weighted by molar-refractivity contribution is 0.589. The summed E-state index contributed by atoms with van der Waals surface area (Å²) in [5.41, 5.74) is 1.74. The van der Waals surface area contributed by atoms with Crippen molar-refractivity contribution in [2.24, 2.45) is 0 Å². The molecule has 0 N–H and O–H groups in total. The van der Waals surface area contributed by atoms with Crippen LogP contribution < -0.4 is 0 Å². The Morgan fingerprint density at radius 2 is 1.67 bits per heavy atom. The monoisotopic (exact) mass is 325 g/mol. The van der Waals surface area contributed by atoms with Crippen LogP contribution in [0.5, 0.6) is 0 Å². The number of hydrogen-bond acceptors (Lipinski definition) is 3. The van der Waals surface area contributed by atoms with Crippen LogP contribution >= 0.6 is 0 Å². The van der Waals surface area contributed by atoms with E-state index in [1.165, 1.54) is 50.7 Å². The van der Waals surface area contributed by atoms with E-state index in [1.54, 1.807) is 6.07 Å². The fourth-order valence-electron chi connectivity index (χ4n) is 2.66. The maximum absolute atomic E-state index is 13.7. The van der Waals surface area contributed by atoms with E-state index in [4.69, 9.17) is 5.26 Å². The van der Waals surface area contributed by atoms with Crippen molar-refractivity contribution >= 4 is 0 Å². The predicted molar refractivity (Wildman–Crippen MR) is 93.8 cm³/mol. The van der Waals surface area contributed by atoms with Crippen molar-refractivity contribution in [3.8, 4) is 17.5 Å². The standard InChI is InChI=1S/C20H24FN3/c1-2-3-4-5-6-7-8-9-16-14-23-20(24-15-16)17-10-11-18(13-22)19(21)12-17/h10-12,14-15H,2-9H2,1H3. The summed E-state index contributed by atoms with van der Waals surface area (Å²) in [5.74, 6) is -0.0487. The van der Waals surface area contributed by atoms with Crippen LogP contribution in [0.1, 0.15) is 63.0 Å². The van der Waals surface area contributed by atoms with Crippen LogP contribution in [0.25, 0.3) is 11.4 Å². The molecule has 0 saturated heterocycles. The Bertz CT molecular complexity index is 674. The average Bonchev–Trinajstić information content (AvgIpc) is 2.61. The minimum atomic E-state index is -0.536. The molecule has 0 radical (unpaired) electrons. The highest BCUT2D eigenvalue weighted by molar-refractivity contribution is 5.56. The smallest absolute Gasteiger partial charge is 0.159 e. The zero-order valence-electron chi connectivity index (χ0n) is 14.3. The third kappa shape index (κ3) is 5.42. The molecule has 0 atom stereocenters. The van der Waals surface area contributed by atoms with Gasteiger partial charge in [-0.2, -0.15) is 5.26 Å². The van der Waals surface area contributed by atoms with Crippen LogP contribution in [0.15, 0.2) is 30.6 Å². The lowest BCUT2D eigenvalue weighted by Crippen LogP contribution is -1.94. The van der Waals surface area contributed by atoms with Gasteiger partial charge >= 0.3 is 0 Å². The number of halogens is 1. The van der Waals surface area contributed by atoms with Crippen LogP contribution in [0, 0.1) is 17.1 Å². The molecule has 0 spiro atoms. The van der Waals surface area contributed by atoms with Gasteiger partial charge in [0, 0.05) is 18.0 Å². The Kier molecular flexibility index (Phi) is 7.35. The van der Waals surface area contributed by atoms with Crippen molar-refractivity contribution in [1.82, 2.24) is 9.97 Å². The Morgan fingerprint density at radius 3 is 2.29 bits per heavy atom. The highest BCUT2D eigenvalue weighted by Crippen LogP contribution is 2.18. The Hall–Kier alpha value is -2.28. The molecule has 0 aliphatic rings. The van der Waals surface area contributed by atoms with Crippen molar-refractivity contribution in [1.29, 1.82) is 5.26 Å². The summed E-state index contributed by atoms with van der Waals surface area (Å²) in [4.78, 5) is 8.65. The number of unbranched alkanes of at least 4 members (excludes halogenated alkanes) is 6. The molecule has 126 valence electrons. The number of nitriles is 1. The van der Waals surface area contributed by atoms with Gasteiger partial charge in [0.05, 0.1) is 5.56 Å². The van der Waals surface area contributed by atoms with Crippen LogP contribution in [-0.4, -0.2) is 9.97 Å². The Labute approximate surface area is 143 Å². The molecule has 0 aliphatic carbocycles. The molecule has 24 heavy (non-hydrogen) atoms. The first-order chi connectivity index (χ1) is 11.7. The fraction of sp³-hybridized carbons (Fsp3) is 0.450. The quantitative estimate of drug-likeness (QED) is 0.576. The maximum Gasteiger partial charge on any atom is 0.159 e. The molecular weight excluding hydrogens is 301 g/mol. The van der Waals surface area contributed by atoms with Crippen molar-refractivity contribution in [3.63, 3.8) is 0 Å². The number of nitrogens with zero attached hydrogens (tertiary/aromatic N) is 3. The van der Waals surface area contributed by atoms with Gasteiger partial charge in [-0.1, -0.05) is 45.4 Å². The first-order valence-electron chi connectivity index (χ1n) is 8.75. The van der Waals surface area contributed by atoms with Crippen LogP contribution in [-0.2, 0) is 6.42 Å². The Balaban J connectivity index is 1.83. The summed E-state index contributed by atoms with van der Waals surface area (Å²) < 4.78 is 13.7. The van der Waals surface area contributed by atoms with Gasteiger partial charge in [-0.3, -0.25) is 0 Å². The molecule has 3 nitrogen and oxygen atoms in total. The molecule has 4 heteroatoms. The maximum atomic E-state index is 13.7. The summed E-state index contributed by atoms with van der Waals surface area (Å²) in [7, 11) is 0. The third-order valence-electron chi connectivity index (χ3n) is 4.12. The molecule has 0 aliphatic heterocycles. The van der Waals surface area contributed by atoms with E-state index in [2.05, 4.69) is 16.9 Å². The van der Waals surface area contributed by atoms with Crippen LogP contribution in [0.3, 0.4) is 0 Å². The lowest BCUT2D eigenvalue weighted by Gasteiger charge is -2.04. The zero-order chi connectivity index (χ0) is 17.2. The zero-order valence-corrected chi connectivity index (χ0v) is 14.3. The molecule has 0 saturated carbocycles. The van der Waals surface area contributed by atoms with Crippen LogP contribution in [0.2, 0.25) is 0 Å². The minimum absolute atomic E-state index is 0.0364. The highest BCUT2D eigenvalue weighted by Gasteiger charge is 2.07. The summed E-state index contributed by atoms with van der Waals surface area (Å²) in [6, 6.07) is 6.25. The summed E-state index contributed by atoms with van der Waals surface area (Å²) in [5, 5.41) is 8.76. The largest absolute Gasteiger partial charge is 0.236 e. The van der Waals surface area contributed by atoms with Crippen LogP contribution in [0.4, 0.5) is 4.39 Å². The Morgan fingerprint density at radius 1 is 1.00 bits per heavy atom. The van der Waals surface area contributed by atoms with Gasteiger partial charge in [0.2, 0.25) is 0 Å². The summed E-state index contributed by atoms with van der Waals surface area (Å²) >= 11 is 0. The van der Waals surface area contributed by atoms with Gasteiger partial charge in [-0.15, -0.1) is 0 Å².